The minimum absolute atomic E-state index is 0.140. The molecule has 2 aliphatic heterocycles. The number of imide groups is 1. The topological polar surface area (TPSA) is 103 Å². The Morgan fingerprint density at radius 3 is 2.86 bits per heavy atom. The van der Waals surface area contributed by atoms with Gasteiger partial charge in [-0.1, -0.05) is 17.4 Å². The van der Waals surface area contributed by atoms with Gasteiger partial charge >= 0.3 is 0 Å². The molecular formula is C14H15N5O3. The number of amides is 3. The van der Waals surface area contributed by atoms with Crippen molar-refractivity contribution in [2.45, 2.75) is 25.9 Å². The highest BCUT2D eigenvalue weighted by molar-refractivity contribution is 6.09. The Morgan fingerprint density at radius 2 is 2.09 bits per heavy atom. The molecular weight excluding hydrogens is 286 g/mol. The van der Waals surface area contributed by atoms with Crippen molar-refractivity contribution in [2.24, 2.45) is 10.3 Å². The van der Waals surface area contributed by atoms with Crippen molar-refractivity contribution in [3.63, 3.8) is 0 Å². The molecule has 8 heteroatoms. The van der Waals surface area contributed by atoms with Crippen molar-refractivity contribution in [2.75, 3.05) is 11.9 Å². The van der Waals surface area contributed by atoms with E-state index in [9.17, 15) is 14.4 Å². The predicted molar refractivity (Wildman–Crippen MR) is 76.8 cm³/mol. The van der Waals surface area contributed by atoms with E-state index in [4.69, 9.17) is 0 Å². The van der Waals surface area contributed by atoms with Gasteiger partial charge in [0.15, 0.2) is 12.1 Å². The second-order valence-electron chi connectivity index (χ2n) is 5.34. The second kappa shape index (κ2) is 5.21. The van der Waals surface area contributed by atoms with Gasteiger partial charge in [0, 0.05) is 5.69 Å². The monoisotopic (exact) mass is 301 g/mol. The summed E-state index contributed by atoms with van der Waals surface area (Å²) in [5.41, 5.74) is 2.76. The van der Waals surface area contributed by atoms with Gasteiger partial charge in [-0.3, -0.25) is 24.7 Å². The number of hydrogen-bond donors (Lipinski definition) is 2. The zero-order chi connectivity index (χ0) is 15.9. The van der Waals surface area contributed by atoms with E-state index in [1.54, 1.807) is 6.07 Å². The molecule has 0 saturated carbocycles. The van der Waals surface area contributed by atoms with E-state index in [-0.39, 0.29) is 12.5 Å². The molecule has 0 aromatic heterocycles. The quantitative estimate of drug-likeness (QED) is 0.784. The molecule has 2 aliphatic rings. The summed E-state index contributed by atoms with van der Waals surface area (Å²) in [6.45, 7) is 3.73. The maximum atomic E-state index is 12.1. The van der Waals surface area contributed by atoms with Crippen LogP contribution in [0.15, 0.2) is 28.5 Å². The molecule has 1 aromatic carbocycles. The van der Waals surface area contributed by atoms with Crippen molar-refractivity contribution < 1.29 is 14.4 Å². The molecule has 2 atom stereocenters. The van der Waals surface area contributed by atoms with Gasteiger partial charge in [-0.05, 0) is 31.0 Å². The lowest BCUT2D eigenvalue weighted by Gasteiger charge is -2.18. The Kier molecular flexibility index (Phi) is 3.36. The number of nitrogens with one attached hydrogen (secondary N) is 2. The fraction of sp³-hybridized carbons (Fsp3) is 0.357. The molecule has 0 spiro atoms. The van der Waals surface area contributed by atoms with Crippen molar-refractivity contribution in [1.82, 2.24) is 10.3 Å². The molecule has 0 unspecified atom stereocenters. The van der Waals surface area contributed by atoms with Crippen LogP contribution < -0.4 is 10.6 Å². The van der Waals surface area contributed by atoms with E-state index < -0.39 is 23.9 Å². The van der Waals surface area contributed by atoms with Crippen LogP contribution in [0.2, 0.25) is 0 Å². The van der Waals surface area contributed by atoms with Crippen LogP contribution in [0.1, 0.15) is 11.1 Å². The minimum atomic E-state index is -0.846. The zero-order valence-corrected chi connectivity index (χ0v) is 12.2. The summed E-state index contributed by atoms with van der Waals surface area (Å²) < 4.78 is 0. The fourth-order valence-electron chi connectivity index (χ4n) is 2.50. The van der Waals surface area contributed by atoms with Crippen LogP contribution in [-0.4, -0.2) is 41.4 Å². The average Bonchev–Trinajstić information content (AvgIpc) is 2.99. The Bertz CT molecular complexity index is 700. The number of hydrogen-bond acceptors (Lipinski definition) is 6. The van der Waals surface area contributed by atoms with Crippen LogP contribution in [0.25, 0.3) is 0 Å². The first-order chi connectivity index (χ1) is 10.5. The van der Waals surface area contributed by atoms with Gasteiger partial charge in [-0.2, -0.15) is 5.11 Å². The summed E-state index contributed by atoms with van der Waals surface area (Å²) >= 11 is 0. The van der Waals surface area contributed by atoms with Crippen molar-refractivity contribution >= 4 is 23.4 Å². The van der Waals surface area contributed by atoms with Gasteiger partial charge < -0.3 is 5.32 Å². The molecule has 1 fully saturated rings. The van der Waals surface area contributed by atoms with Gasteiger partial charge in [-0.15, -0.1) is 0 Å². The molecule has 3 rings (SSSR count). The number of fused-ring (bicyclic) bond motifs is 1. The van der Waals surface area contributed by atoms with Crippen molar-refractivity contribution in [1.29, 1.82) is 0 Å². The van der Waals surface area contributed by atoms with Crippen LogP contribution in [0.3, 0.4) is 0 Å². The van der Waals surface area contributed by atoms with E-state index >= 15 is 0 Å². The highest BCUT2D eigenvalue weighted by Gasteiger charge is 2.49. The molecule has 0 radical (unpaired) electrons. The van der Waals surface area contributed by atoms with Crippen LogP contribution in [0, 0.1) is 13.8 Å². The summed E-state index contributed by atoms with van der Waals surface area (Å²) in [7, 11) is 0. The minimum Gasteiger partial charge on any atom is -0.324 e. The molecule has 114 valence electrons. The first-order valence-corrected chi connectivity index (χ1v) is 6.85. The van der Waals surface area contributed by atoms with Crippen molar-refractivity contribution in [3.05, 3.63) is 29.3 Å². The third-order valence-electron chi connectivity index (χ3n) is 3.88. The predicted octanol–water partition coefficient (Wildman–Crippen LogP) is 0.318. The number of anilines is 1. The number of carbonyl (C=O) groups is 3. The summed E-state index contributed by atoms with van der Waals surface area (Å²) in [5, 5.41) is 13.7. The van der Waals surface area contributed by atoms with Gasteiger partial charge in [0.25, 0.3) is 11.8 Å². The molecule has 0 bridgehead atoms. The van der Waals surface area contributed by atoms with E-state index in [1.807, 2.05) is 26.0 Å². The first-order valence-electron chi connectivity index (χ1n) is 6.85. The van der Waals surface area contributed by atoms with E-state index in [1.165, 1.54) is 5.01 Å². The second-order valence-corrected chi connectivity index (χ2v) is 5.34. The highest BCUT2D eigenvalue weighted by Crippen LogP contribution is 2.23. The third kappa shape index (κ3) is 2.32. The fourth-order valence-corrected chi connectivity index (χ4v) is 2.50. The summed E-state index contributed by atoms with van der Waals surface area (Å²) in [4.78, 5) is 35.3. The Balaban J connectivity index is 1.68. The number of nitrogens with zero attached hydrogens (tertiary/aromatic N) is 3. The number of aryl methyl sites for hydroxylation is 1. The number of benzene rings is 1. The maximum absolute atomic E-state index is 12.1. The Labute approximate surface area is 126 Å². The smallest absolute Gasteiger partial charge is 0.256 e. The average molecular weight is 301 g/mol. The van der Waals surface area contributed by atoms with Crippen LogP contribution in [0.5, 0.6) is 0 Å². The normalized spacial score (nSPS) is 22.7. The molecule has 22 heavy (non-hydrogen) atoms. The Morgan fingerprint density at radius 1 is 1.32 bits per heavy atom. The molecule has 0 aliphatic carbocycles. The lowest BCUT2D eigenvalue weighted by molar-refractivity contribution is -0.126. The molecule has 3 amide bonds. The van der Waals surface area contributed by atoms with Crippen LogP contribution in [0.4, 0.5) is 5.69 Å². The van der Waals surface area contributed by atoms with Gasteiger partial charge in [0.1, 0.15) is 6.54 Å². The van der Waals surface area contributed by atoms with E-state index in [0.717, 1.165) is 11.1 Å². The van der Waals surface area contributed by atoms with Gasteiger partial charge in [0.05, 0.1) is 0 Å². The number of carbonyl (C=O) groups excluding carboxylic acids is 3. The van der Waals surface area contributed by atoms with Gasteiger partial charge in [-0.25, -0.2) is 0 Å². The highest BCUT2D eigenvalue weighted by atomic mass is 16.2. The molecule has 2 heterocycles. The molecule has 1 aromatic rings. The van der Waals surface area contributed by atoms with E-state index in [2.05, 4.69) is 21.0 Å². The first kappa shape index (κ1) is 14.2. The Hall–Kier alpha value is -2.77. The largest absolute Gasteiger partial charge is 0.324 e. The SMILES string of the molecule is Cc1cccc(NC(=O)CN2N=N[C@@H]3C(=O)NC(=O)[C@H]32)c1C. The maximum Gasteiger partial charge on any atom is 0.256 e. The summed E-state index contributed by atoms with van der Waals surface area (Å²) in [6.07, 6.45) is 0. The third-order valence-corrected chi connectivity index (χ3v) is 3.88. The molecule has 1 saturated heterocycles. The van der Waals surface area contributed by atoms with Crippen LogP contribution in [-0.2, 0) is 14.4 Å². The lowest BCUT2D eigenvalue weighted by atomic mass is 10.1. The van der Waals surface area contributed by atoms with Gasteiger partial charge in [0.2, 0.25) is 5.91 Å². The lowest BCUT2D eigenvalue weighted by Crippen LogP contribution is -2.42. The van der Waals surface area contributed by atoms with Crippen molar-refractivity contribution in [3.8, 4) is 0 Å². The standard InChI is InChI=1S/C14H15N5O3/c1-7-4-3-5-9(8(7)2)15-10(20)6-19-12-11(17-18-19)13(21)16-14(12)22/h3-5,11-12H,6H2,1-2H3,(H,15,20)(H,16,21,22)/t11-,12-/m0/s1. The molecule has 2 N–H and O–H groups in total. The summed E-state index contributed by atoms with van der Waals surface area (Å²) in [5.74, 6) is -1.27. The van der Waals surface area contributed by atoms with E-state index in [0.29, 0.717) is 5.69 Å². The molecule has 8 nitrogen and oxygen atoms in total. The zero-order valence-electron chi connectivity index (χ0n) is 12.2. The van der Waals surface area contributed by atoms with Crippen LogP contribution >= 0.6 is 0 Å². The summed E-state index contributed by atoms with van der Waals surface area (Å²) in [6, 6.07) is 3.95. The number of rotatable bonds is 3.